The Hall–Kier alpha value is -1.13. The van der Waals surface area contributed by atoms with Gasteiger partial charge in [0.2, 0.25) is 10.0 Å². The number of hydrogen-bond acceptors (Lipinski definition) is 2. The summed E-state index contributed by atoms with van der Waals surface area (Å²) in [5.41, 5.74) is 1.05. The van der Waals surface area contributed by atoms with Crippen LogP contribution in [0.15, 0.2) is 41.3 Å². The Morgan fingerprint density at radius 3 is 2.35 bits per heavy atom. The normalized spacial score (nSPS) is 14.1. The Morgan fingerprint density at radius 1 is 1.29 bits per heavy atom. The van der Waals surface area contributed by atoms with Crippen LogP contribution in [-0.4, -0.2) is 14.5 Å². The van der Waals surface area contributed by atoms with Crippen LogP contribution in [0.25, 0.3) is 0 Å². The first-order valence-electron chi connectivity index (χ1n) is 5.71. The lowest BCUT2D eigenvalue weighted by molar-refractivity contribution is 0.567. The molecule has 0 radical (unpaired) electrons. The van der Waals surface area contributed by atoms with Gasteiger partial charge in [-0.2, -0.15) is 0 Å². The van der Waals surface area contributed by atoms with Gasteiger partial charge in [-0.25, -0.2) is 13.1 Å². The Bertz CT molecular complexity index is 475. The van der Waals surface area contributed by atoms with Crippen molar-refractivity contribution in [1.82, 2.24) is 4.72 Å². The maximum Gasteiger partial charge on any atom is 0.241 e. The lowest BCUT2D eigenvalue weighted by Gasteiger charge is -2.13. The number of hydrogen-bond donors (Lipinski definition) is 1. The summed E-state index contributed by atoms with van der Waals surface area (Å²) in [5, 5.41) is 0. The number of benzene rings is 1. The number of aryl methyl sites for hydroxylation is 1. The van der Waals surface area contributed by atoms with E-state index in [-0.39, 0.29) is 6.04 Å². The predicted octanol–water partition coefficient (Wildman–Crippen LogP) is 2.63. The van der Waals surface area contributed by atoms with Crippen molar-refractivity contribution in [3.05, 3.63) is 42.0 Å². The summed E-state index contributed by atoms with van der Waals surface area (Å²) < 4.78 is 26.8. The summed E-state index contributed by atoms with van der Waals surface area (Å²) >= 11 is 0. The van der Waals surface area contributed by atoms with Gasteiger partial charge < -0.3 is 0 Å². The second kappa shape index (κ2) is 5.98. The summed E-state index contributed by atoms with van der Waals surface area (Å²) in [5.74, 6) is 0. The first kappa shape index (κ1) is 13.9. The molecule has 0 aliphatic carbocycles. The lowest BCUT2D eigenvalue weighted by atomic mass is 10.2. The molecule has 94 valence electrons. The van der Waals surface area contributed by atoms with Crippen LogP contribution in [0.1, 0.15) is 25.8 Å². The molecule has 0 saturated heterocycles. The molecule has 0 aromatic heterocycles. The van der Waals surface area contributed by atoms with Crippen molar-refractivity contribution in [1.29, 1.82) is 0 Å². The van der Waals surface area contributed by atoms with Gasteiger partial charge in [0.1, 0.15) is 0 Å². The molecule has 0 bridgehead atoms. The fourth-order valence-electron chi connectivity index (χ4n) is 1.48. The number of sulfonamides is 1. The predicted molar refractivity (Wildman–Crippen MR) is 70.4 cm³/mol. The van der Waals surface area contributed by atoms with E-state index in [0.29, 0.717) is 4.90 Å². The number of rotatable bonds is 5. The van der Waals surface area contributed by atoms with Crippen LogP contribution in [0.4, 0.5) is 0 Å². The maximum atomic E-state index is 12.0. The molecule has 1 atom stereocenters. The molecule has 0 fully saturated rings. The van der Waals surface area contributed by atoms with E-state index in [4.69, 9.17) is 0 Å². The van der Waals surface area contributed by atoms with Gasteiger partial charge >= 0.3 is 0 Å². The zero-order chi connectivity index (χ0) is 12.9. The highest BCUT2D eigenvalue weighted by molar-refractivity contribution is 7.89. The first-order valence-corrected chi connectivity index (χ1v) is 7.19. The third-order valence-corrected chi connectivity index (χ3v) is 4.01. The van der Waals surface area contributed by atoms with Gasteiger partial charge in [-0.3, -0.25) is 0 Å². The van der Waals surface area contributed by atoms with Crippen LogP contribution in [0.2, 0.25) is 0 Å². The van der Waals surface area contributed by atoms with E-state index in [0.717, 1.165) is 12.0 Å². The van der Waals surface area contributed by atoms with E-state index in [2.05, 4.69) is 4.72 Å². The Kier molecular flexibility index (Phi) is 4.90. The second-order valence-corrected chi connectivity index (χ2v) is 5.69. The molecule has 1 aromatic carbocycles. The smallest absolute Gasteiger partial charge is 0.207 e. The van der Waals surface area contributed by atoms with Gasteiger partial charge in [0.15, 0.2) is 0 Å². The van der Waals surface area contributed by atoms with Crippen molar-refractivity contribution in [2.24, 2.45) is 0 Å². The highest BCUT2D eigenvalue weighted by Gasteiger charge is 2.16. The van der Waals surface area contributed by atoms with Crippen molar-refractivity contribution in [3.63, 3.8) is 0 Å². The molecule has 0 heterocycles. The minimum Gasteiger partial charge on any atom is -0.207 e. The van der Waals surface area contributed by atoms with E-state index in [9.17, 15) is 8.42 Å². The second-order valence-electron chi connectivity index (χ2n) is 3.97. The monoisotopic (exact) mass is 253 g/mol. The molecule has 1 aromatic rings. The molecule has 0 spiro atoms. The Balaban J connectivity index is 2.92. The van der Waals surface area contributed by atoms with Crippen LogP contribution in [-0.2, 0) is 10.0 Å². The minimum atomic E-state index is -3.41. The van der Waals surface area contributed by atoms with E-state index in [1.807, 2.05) is 32.9 Å². The highest BCUT2D eigenvalue weighted by atomic mass is 32.2. The van der Waals surface area contributed by atoms with Gasteiger partial charge in [0.25, 0.3) is 0 Å². The molecular formula is C13H19NO2S. The SMILES string of the molecule is C/C=C/C(CC)NS(=O)(=O)c1ccc(C)cc1. The van der Waals surface area contributed by atoms with Crippen LogP contribution in [0, 0.1) is 6.92 Å². The van der Waals surface area contributed by atoms with Gasteiger partial charge in [0.05, 0.1) is 4.90 Å². The largest absolute Gasteiger partial charge is 0.241 e. The van der Waals surface area contributed by atoms with E-state index >= 15 is 0 Å². The molecular weight excluding hydrogens is 234 g/mol. The van der Waals surface area contributed by atoms with E-state index in [1.165, 1.54) is 0 Å². The quantitative estimate of drug-likeness (QED) is 0.820. The van der Waals surface area contributed by atoms with Gasteiger partial charge in [-0.15, -0.1) is 0 Å². The zero-order valence-electron chi connectivity index (χ0n) is 10.5. The molecule has 1 rings (SSSR count). The van der Waals surface area contributed by atoms with Crippen molar-refractivity contribution < 1.29 is 8.42 Å². The molecule has 1 unspecified atom stereocenters. The first-order chi connectivity index (χ1) is 7.99. The van der Waals surface area contributed by atoms with Gasteiger partial charge in [0, 0.05) is 6.04 Å². The summed E-state index contributed by atoms with van der Waals surface area (Å²) in [6.07, 6.45) is 4.44. The average Bonchev–Trinajstić information content (AvgIpc) is 2.28. The van der Waals surface area contributed by atoms with Gasteiger partial charge in [-0.05, 0) is 32.4 Å². The van der Waals surface area contributed by atoms with Crippen molar-refractivity contribution in [3.8, 4) is 0 Å². The fraction of sp³-hybridized carbons (Fsp3) is 0.385. The third-order valence-electron chi connectivity index (χ3n) is 2.50. The van der Waals surface area contributed by atoms with E-state index < -0.39 is 10.0 Å². The number of nitrogens with one attached hydrogen (secondary N) is 1. The highest BCUT2D eigenvalue weighted by Crippen LogP contribution is 2.11. The summed E-state index contributed by atoms with van der Waals surface area (Å²) in [6.45, 7) is 5.75. The fourth-order valence-corrected chi connectivity index (χ4v) is 2.75. The Labute approximate surface area is 104 Å². The van der Waals surface area contributed by atoms with Crippen LogP contribution in [0.3, 0.4) is 0 Å². The Morgan fingerprint density at radius 2 is 1.88 bits per heavy atom. The molecule has 17 heavy (non-hydrogen) atoms. The topological polar surface area (TPSA) is 46.2 Å². The average molecular weight is 253 g/mol. The maximum absolute atomic E-state index is 12.0. The summed E-state index contributed by atoms with van der Waals surface area (Å²) in [6, 6.07) is 6.70. The van der Waals surface area contributed by atoms with E-state index in [1.54, 1.807) is 24.3 Å². The summed E-state index contributed by atoms with van der Waals surface area (Å²) in [7, 11) is -3.41. The standard InChI is InChI=1S/C13H19NO2S/c1-4-6-12(5-2)14-17(15,16)13-9-7-11(3)8-10-13/h4,6-10,12,14H,5H2,1-3H3/b6-4+. The molecule has 0 amide bonds. The number of allylic oxidation sites excluding steroid dienone is 1. The third kappa shape index (κ3) is 3.98. The summed E-state index contributed by atoms with van der Waals surface area (Å²) in [4.78, 5) is 0.311. The van der Waals surface area contributed by atoms with Crippen molar-refractivity contribution >= 4 is 10.0 Å². The molecule has 3 nitrogen and oxygen atoms in total. The van der Waals surface area contributed by atoms with Crippen molar-refractivity contribution in [2.45, 2.75) is 38.1 Å². The molecule has 1 N–H and O–H groups in total. The lowest BCUT2D eigenvalue weighted by Crippen LogP contribution is -2.32. The van der Waals surface area contributed by atoms with Crippen LogP contribution in [0.5, 0.6) is 0 Å². The molecule has 0 aliphatic heterocycles. The molecule has 4 heteroatoms. The van der Waals surface area contributed by atoms with Crippen LogP contribution < -0.4 is 4.72 Å². The molecule has 0 saturated carbocycles. The van der Waals surface area contributed by atoms with Gasteiger partial charge in [-0.1, -0.05) is 36.8 Å². The molecule has 0 aliphatic rings. The van der Waals surface area contributed by atoms with Crippen molar-refractivity contribution in [2.75, 3.05) is 0 Å². The zero-order valence-corrected chi connectivity index (χ0v) is 11.3. The van der Waals surface area contributed by atoms with Crippen LogP contribution >= 0.6 is 0 Å². The minimum absolute atomic E-state index is 0.147.